The van der Waals surface area contributed by atoms with Crippen LogP contribution < -0.4 is 9.47 Å². The molecule has 0 radical (unpaired) electrons. The fraction of sp³-hybridized carbons (Fsp3) is 0.548. The normalized spacial score (nSPS) is 20.4. The number of unbranched alkanes of at least 4 members (excludes halogenated alkanes) is 1. The first-order valence-corrected chi connectivity index (χ1v) is 14.2. The molecule has 4 rings (SSSR count). The highest BCUT2D eigenvalue weighted by atomic mass is 16.5. The third-order valence-corrected chi connectivity index (χ3v) is 8.14. The van der Waals surface area contributed by atoms with Crippen LogP contribution in [0.15, 0.2) is 42.5 Å². The van der Waals surface area contributed by atoms with Gasteiger partial charge in [0, 0.05) is 44.6 Å². The number of amides is 1. The molecule has 0 bridgehead atoms. The predicted octanol–water partition coefficient (Wildman–Crippen LogP) is 3.74. The largest absolute Gasteiger partial charge is 0.496 e. The van der Waals surface area contributed by atoms with E-state index >= 15 is 0 Å². The van der Waals surface area contributed by atoms with Crippen LogP contribution >= 0.6 is 0 Å². The number of carboxylic acids is 1. The minimum absolute atomic E-state index is 0.00802. The molecular formula is C31H42N2O6. The first kappa shape index (κ1) is 28.9. The minimum Gasteiger partial charge on any atom is -0.496 e. The number of hydrogen-bond acceptors (Lipinski definition) is 6. The van der Waals surface area contributed by atoms with Crippen LogP contribution in [0.4, 0.5) is 0 Å². The van der Waals surface area contributed by atoms with Gasteiger partial charge in [0.25, 0.3) is 0 Å². The molecule has 2 aromatic rings. The van der Waals surface area contributed by atoms with Gasteiger partial charge in [-0.25, -0.2) is 0 Å². The second-order valence-electron chi connectivity index (χ2n) is 10.6. The van der Waals surface area contributed by atoms with Crippen molar-refractivity contribution >= 4 is 11.9 Å². The van der Waals surface area contributed by atoms with Gasteiger partial charge in [-0.1, -0.05) is 43.7 Å². The number of rotatable bonds is 14. The number of fused-ring (bicyclic) bond motifs is 1. The zero-order chi connectivity index (χ0) is 27.8. The standard InChI is InChI=1S/C31H42N2O6/c1-3-4-15-32(16-7-17-34)29(35)21-33-20-25(23-11-13-28-24(19-23)14-18-39-28)30(31(36)37)26(33)12-10-22-8-5-6-9-27(22)38-2/h5-6,8-9,11,13,19,25-26,30,34H,3-4,7,10,12,14-18,20-21H2,1-2H3,(H,36,37)/t25-,26+,30?/m1/s1. The Morgan fingerprint density at radius 1 is 1.15 bits per heavy atom. The molecule has 212 valence electrons. The number of aliphatic hydroxyl groups is 1. The lowest BCUT2D eigenvalue weighted by atomic mass is 9.83. The summed E-state index contributed by atoms with van der Waals surface area (Å²) in [6.07, 6.45) is 4.47. The third kappa shape index (κ3) is 6.92. The molecule has 2 aromatic carbocycles. The molecule has 8 heteroatoms. The van der Waals surface area contributed by atoms with Gasteiger partial charge in [0.05, 0.1) is 26.2 Å². The molecule has 1 fully saturated rings. The van der Waals surface area contributed by atoms with Crippen LogP contribution in [0, 0.1) is 5.92 Å². The summed E-state index contributed by atoms with van der Waals surface area (Å²) in [4.78, 5) is 30.2. The van der Waals surface area contributed by atoms with E-state index in [4.69, 9.17) is 9.47 Å². The summed E-state index contributed by atoms with van der Waals surface area (Å²) in [6, 6.07) is 13.5. The molecule has 2 N–H and O–H groups in total. The molecule has 0 aliphatic carbocycles. The number of benzene rings is 2. The number of likely N-dealkylation sites (tertiary alicyclic amines) is 1. The lowest BCUT2D eigenvalue weighted by Crippen LogP contribution is -2.45. The van der Waals surface area contributed by atoms with E-state index in [2.05, 4.69) is 17.9 Å². The van der Waals surface area contributed by atoms with Gasteiger partial charge in [-0.3, -0.25) is 14.5 Å². The molecular weight excluding hydrogens is 496 g/mol. The maximum Gasteiger partial charge on any atom is 0.308 e. The number of hydrogen-bond donors (Lipinski definition) is 2. The summed E-state index contributed by atoms with van der Waals surface area (Å²) in [5.74, 6) is -0.0558. The Labute approximate surface area is 231 Å². The number of carbonyl (C=O) groups is 2. The number of aliphatic carboxylic acids is 1. The topological polar surface area (TPSA) is 99.5 Å². The Hall–Kier alpha value is -3.10. The van der Waals surface area contributed by atoms with E-state index in [9.17, 15) is 19.8 Å². The molecule has 1 amide bonds. The number of methoxy groups -OCH3 is 1. The van der Waals surface area contributed by atoms with Crippen molar-refractivity contribution in [3.63, 3.8) is 0 Å². The van der Waals surface area contributed by atoms with Gasteiger partial charge in [-0.15, -0.1) is 0 Å². The van der Waals surface area contributed by atoms with Crippen molar-refractivity contribution in [2.24, 2.45) is 5.92 Å². The molecule has 39 heavy (non-hydrogen) atoms. The first-order valence-electron chi connectivity index (χ1n) is 14.2. The first-order chi connectivity index (χ1) is 19.0. The van der Waals surface area contributed by atoms with Crippen LogP contribution in [0.5, 0.6) is 11.5 Å². The number of para-hydroxylation sites is 1. The van der Waals surface area contributed by atoms with E-state index in [1.165, 1.54) is 0 Å². The fourth-order valence-corrected chi connectivity index (χ4v) is 6.09. The van der Waals surface area contributed by atoms with E-state index in [0.717, 1.165) is 47.5 Å². The molecule has 1 unspecified atom stereocenters. The number of nitrogens with zero attached hydrogens (tertiary/aromatic N) is 2. The van der Waals surface area contributed by atoms with Gasteiger partial charge in [-0.05, 0) is 54.5 Å². The van der Waals surface area contributed by atoms with Crippen LogP contribution in [0.25, 0.3) is 0 Å². The van der Waals surface area contributed by atoms with E-state index in [1.807, 2.05) is 41.3 Å². The molecule has 0 spiro atoms. The van der Waals surface area contributed by atoms with Gasteiger partial charge >= 0.3 is 5.97 Å². The van der Waals surface area contributed by atoms with E-state index in [-0.39, 0.29) is 31.0 Å². The molecule has 0 saturated carbocycles. The monoisotopic (exact) mass is 538 g/mol. The number of carboxylic acid groups (broad SMARTS) is 1. The molecule has 2 aliphatic rings. The van der Waals surface area contributed by atoms with E-state index in [1.54, 1.807) is 7.11 Å². The van der Waals surface area contributed by atoms with Crippen molar-refractivity contribution in [3.05, 3.63) is 59.2 Å². The Bertz CT molecular complexity index is 1110. The van der Waals surface area contributed by atoms with Gasteiger partial charge in [0.2, 0.25) is 5.91 Å². The summed E-state index contributed by atoms with van der Waals surface area (Å²) in [5.41, 5.74) is 3.14. The molecule has 1 saturated heterocycles. The maximum absolute atomic E-state index is 13.5. The zero-order valence-corrected chi connectivity index (χ0v) is 23.2. The predicted molar refractivity (Wildman–Crippen MR) is 149 cm³/mol. The van der Waals surface area contributed by atoms with Crippen molar-refractivity contribution in [1.82, 2.24) is 9.80 Å². The van der Waals surface area contributed by atoms with Crippen LogP contribution in [-0.2, 0) is 22.4 Å². The van der Waals surface area contributed by atoms with Crippen molar-refractivity contribution in [1.29, 1.82) is 0 Å². The number of ether oxygens (including phenoxy) is 2. The van der Waals surface area contributed by atoms with Gasteiger partial charge < -0.3 is 24.6 Å². The summed E-state index contributed by atoms with van der Waals surface area (Å²) >= 11 is 0. The van der Waals surface area contributed by atoms with Gasteiger partial charge in [-0.2, -0.15) is 0 Å². The highest BCUT2D eigenvalue weighted by Crippen LogP contribution is 2.41. The van der Waals surface area contributed by atoms with E-state index < -0.39 is 11.9 Å². The lowest BCUT2D eigenvalue weighted by Gasteiger charge is -2.30. The summed E-state index contributed by atoms with van der Waals surface area (Å²) in [6.45, 7) is 4.59. The Kier molecular flexibility index (Phi) is 10.2. The number of aliphatic hydroxyl groups excluding tert-OH is 1. The molecule has 2 heterocycles. The Morgan fingerprint density at radius 2 is 1.95 bits per heavy atom. The van der Waals surface area contributed by atoms with Gasteiger partial charge in [0.15, 0.2) is 0 Å². The third-order valence-electron chi connectivity index (χ3n) is 8.14. The number of aryl methyl sites for hydroxylation is 1. The van der Waals surface area contributed by atoms with Crippen LogP contribution in [0.2, 0.25) is 0 Å². The van der Waals surface area contributed by atoms with Crippen molar-refractivity contribution < 1.29 is 29.3 Å². The average molecular weight is 539 g/mol. The Balaban J connectivity index is 1.61. The molecule has 3 atom stereocenters. The van der Waals surface area contributed by atoms with Crippen molar-refractivity contribution in [2.75, 3.05) is 46.5 Å². The quantitative estimate of drug-likeness (QED) is 0.378. The lowest BCUT2D eigenvalue weighted by molar-refractivity contribution is -0.143. The maximum atomic E-state index is 13.5. The minimum atomic E-state index is -0.833. The highest BCUT2D eigenvalue weighted by molar-refractivity contribution is 5.79. The average Bonchev–Trinajstić information content (AvgIpc) is 3.56. The summed E-state index contributed by atoms with van der Waals surface area (Å²) < 4.78 is 11.2. The second-order valence-corrected chi connectivity index (χ2v) is 10.6. The van der Waals surface area contributed by atoms with Gasteiger partial charge in [0.1, 0.15) is 11.5 Å². The van der Waals surface area contributed by atoms with Crippen LogP contribution in [0.1, 0.15) is 55.2 Å². The van der Waals surface area contributed by atoms with Crippen molar-refractivity contribution in [3.8, 4) is 11.5 Å². The van der Waals surface area contributed by atoms with Crippen LogP contribution in [0.3, 0.4) is 0 Å². The molecule has 2 aliphatic heterocycles. The zero-order valence-electron chi connectivity index (χ0n) is 23.2. The van der Waals surface area contributed by atoms with Crippen molar-refractivity contribution in [2.45, 2.75) is 57.4 Å². The SMILES string of the molecule is CCCCN(CCCO)C(=O)CN1C[C@H](c2ccc3c(c2)CCO3)C(C(=O)O)[C@@H]1CCc1ccccc1OC. The van der Waals surface area contributed by atoms with E-state index in [0.29, 0.717) is 45.5 Å². The Morgan fingerprint density at radius 3 is 2.69 bits per heavy atom. The smallest absolute Gasteiger partial charge is 0.308 e. The van der Waals surface area contributed by atoms with Crippen LogP contribution in [-0.4, -0.2) is 84.4 Å². The molecule has 0 aromatic heterocycles. The number of carbonyl (C=O) groups excluding carboxylic acids is 1. The molecule has 8 nitrogen and oxygen atoms in total. The summed E-state index contributed by atoms with van der Waals surface area (Å²) in [5, 5.41) is 19.9. The second kappa shape index (κ2) is 13.8. The highest BCUT2D eigenvalue weighted by Gasteiger charge is 2.47. The summed E-state index contributed by atoms with van der Waals surface area (Å²) in [7, 11) is 1.64. The fourth-order valence-electron chi connectivity index (χ4n) is 6.09.